The normalized spacial score (nSPS) is 30.9. The molecule has 2 heterocycles. The van der Waals surface area contributed by atoms with Crippen molar-refractivity contribution in [2.24, 2.45) is 5.92 Å². The molecule has 1 aromatic heterocycles. The Labute approximate surface area is 126 Å². The van der Waals surface area contributed by atoms with E-state index in [2.05, 4.69) is 10.1 Å². The highest BCUT2D eigenvalue weighted by Crippen LogP contribution is 2.35. The molecule has 1 saturated carbocycles. The van der Waals surface area contributed by atoms with E-state index in [-0.39, 0.29) is 6.10 Å². The molecular formula is C16H26N2O3. The first kappa shape index (κ1) is 15.0. The Kier molecular flexibility index (Phi) is 4.93. The molecule has 0 spiro atoms. The lowest BCUT2D eigenvalue weighted by Crippen LogP contribution is -2.45. The number of ether oxygens (including phenoxy) is 1. The number of aliphatic hydroxyl groups is 1. The molecular weight excluding hydrogens is 268 g/mol. The summed E-state index contributed by atoms with van der Waals surface area (Å²) in [4.78, 5) is 2.50. The van der Waals surface area contributed by atoms with Crippen LogP contribution in [0.2, 0.25) is 0 Å². The van der Waals surface area contributed by atoms with E-state index in [0.29, 0.717) is 18.6 Å². The van der Waals surface area contributed by atoms with Crippen LogP contribution < -0.4 is 0 Å². The van der Waals surface area contributed by atoms with Crippen LogP contribution in [0.4, 0.5) is 0 Å². The van der Waals surface area contributed by atoms with Crippen molar-refractivity contribution >= 4 is 0 Å². The van der Waals surface area contributed by atoms with Crippen LogP contribution in [0.3, 0.4) is 0 Å². The maximum atomic E-state index is 10.2. The zero-order chi connectivity index (χ0) is 14.7. The highest BCUT2D eigenvalue weighted by atomic mass is 16.5. The molecule has 1 aliphatic heterocycles. The minimum absolute atomic E-state index is 0.114. The van der Waals surface area contributed by atoms with Gasteiger partial charge in [0, 0.05) is 31.7 Å². The zero-order valence-electron chi connectivity index (χ0n) is 12.8. The Hall–Kier alpha value is -0.910. The molecule has 3 unspecified atom stereocenters. The van der Waals surface area contributed by atoms with Crippen LogP contribution in [0.25, 0.3) is 0 Å². The second-order valence-corrected chi connectivity index (χ2v) is 6.41. The van der Waals surface area contributed by atoms with Gasteiger partial charge in [0.15, 0.2) is 5.76 Å². The van der Waals surface area contributed by atoms with Crippen molar-refractivity contribution in [1.29, 1.82) is 0 Å². The first-order valence-corrected chi connectivity index (χ1v) is 8.13. The Morgan fingerprint density at radius 2 is 2.24 bits per heavy atom. The second-order valence-electron chi connectivity index (χ2n) is 6.41. The van der Waals surface area contributed by atoms with E-state index in [0.717, 1.165) is 43.8 Å². The quantitative estimate of drug-likeness (QED) is 0.903. The summed E-state index contributed by atoms with van der Waals surface area (Å²) in [7, 11) is 1.66. The van der Waals surface area contributed by atoms with Crippen LogP contribution in [0.1, 0.15) is 50.0 Å². The molecule has 3 atom stereocenters. The Morgan fingerprint density at radius 3 is 3.00 bits per heavy atom. The van der Waals surface area contributed by atoms with Crippen molar-refractivity contribution in [2.75, 3.05) is 13.7 Å². The summed E-state index contributed by atoms with van der Waals surface area (Å²) >= 11 is 0. The Bertz CT molecular complexity index is 448. The second kappa shape index (κ2) is 6.90. The molecule has 0 amide bonds. The fraction of sp³-hybridized carbons (Fsp3) is 0.812. The topological polar surface area (TPSA) is 58.7 Å². The van der Waals surface area contributed by atoms with Crippen molar-refractivity contribution in [3.63, 3.8) is 0 Å². The largest absolute Gasteiger partial charge is 0.393 e. The SMILES string of the molecule is COCc1cc(CN2CCCCC2C2CCCC2O)no1. The van der Waals surface area contributed by atoms with Gasteiger partial charge in [-0.25, -0.2) is 0 Å². The molecule has 1 aromatic rings. The number of rotatable bonds is 5. The van der Waals surface area contributed by atoms with E-state index in [1.54, 1.807) is 7.11 Å². The summed E-state index contributed by atoms with van der Waals surface area (Å²) < 4.78 is 10.3. The van der Waals surface area contributed by atoms with Crippen LogP contribution in [0, 0.1) is 5.92 Å². The van der Waals surface area contributed by atoms with Gasteiger partial charge in [-0.1, -0.05) is 18.0 Å². The molecule has 118 valence electrons. The van der Waals surface area contributed by atoms with E-state index >= 15 is 0 Å². The lowest BCUT2D eigenvalue weighted by molar-refractivity contribution is 0.0302. The molecule has 0 aromatic carbocycles. The third kappa shape index (κ3) is 3.47. The van der Waals surface area contributed by atoms with E-state index < -0.39 is 0 Å². The van der Waals surface area contributed by atoms with E-state index in [9.17, 15) is 5.11 Å². The maximum absolute atomic E-state index is 10.2. The first-order chi connectivity index (χ1) is 10.3. The van der Waals surface area contributed by atoms with Gasteiger partial charge in [0.2, 0.25) is 0 Å². The Morgan fingerprint density at radius 1 is 1.33 bits per heavy atom. The van der Waals surface area contributed by atoms with Gasteiger partial charge < -0.3 is 14.4 Å². The molecule has 2 fully saturated rings. The number of hydrogen-bond acceptors (Lipinski definition) is 5. The first-order valence-electron chi connectivity index (χ1n) is 8.13. The third-order valence-corrected chi connectivity index (χ3v) is 4.95. The van der Waals surface area contributed by atoms with Gasteiger partial charge >= 0.3 is 0 Å². The summed E-state index contributed by atoms with van der Waals surface area (Å²) in [5, 5.41) is 14.4. The Balaban J connectivity index is 1.65. The van der Waals surface area contributed by atoms with E-state index in [1.807, 2.05) is 6.07 Å². The van der Waals surface area contributed by atoms with Gasteiger partial charge in [0.05, 0.1) is 11.8 Å². The molecule has 0 bridgehead atoms. The van der Waals surface area contributed by atoms with Crippen molar-refractivity contribution in [2.45, 2.75) is 63.8 Å². The van der Waals surface area contributed by atoms with Gasteiger partial charge in [-0.15, -0.1) is 0 Å². The predicted octanol–water partition coefficient (Wildman–Crippen LogP) is 2.34. The third-order valence-electron chi connectivity index (χ3n) is 4.95. The summed E-state index contributed by atoms with van der Waals surface area (Å²) in [6.45, 7) is 2.39. The lowest BCUT2D eigenvalue weighted by Gasteiger charge is -2.40. The summed E-state index contributed by atoms with van der Waals surface area (Å²) in [5.74, 6) is 1.22. The lowest BCUT2D eigenvalue weighted by atomic mass is 9.87. The zero-order valence-corrected chi connectivity index (χ0v) is 12.8. The predicted molar refractivity (Wildman–Crippen MR) is 78.6 cm³/mol. The standard InChI is InChI=1S/C16H26N2O3/c1-20-11-13-9-12(17-21-13)10-18-8-3-2-6-15(18)14-5-4-7-16(14)19/h9,14-16,19H,2-8,10-11H2,1H3. The van der Waals surface area contributed by atoms with Crippen molar-refractivity contribution in [3.05, 3.63) is 17.5 Å². The number of piperidine rings is 1. The number of aromatic nitrogens is 1. The monoisotopic (exact) mass is 294 g/mol. The number of aliphatic hydroxyl groups excluding tert-OH is 1. The maximum Gasteiger partial charge on any atom is 0.162 e. The van der Waals surface area contributed by atoms with Crippen molar-refractivity contribution in [3.8, 4) is 0 Å². The van der Waals surface area contributed by atoms with Crippen LogP contribution in [-0.4, -0.2) is 41.0 Å². The van der Waals surface area contributed by atoms with Gasteiger partial charge in [-0.05, 0) is 32.2 Å². The number of methoxy groups -OCH3 is 1. The van der Waals surface area contributed by atoms with Crippen molar-refractivity contribution in [1.82, 2.24) is 10.1 Å². The number of likely N-dealkylation sites (tertiary alicyclic amines) is 1. The van der Waals surface area contributed by atoms with E-state index in [1.165, 1.54) is 19.3 Å². The molecule has 2 aliphatic rings. The molecule has 3 rings (SSSR count). The summed E-state index contributed by atoms with van der Waals surface area (Å²) in [5.41, 5.74) is 0.974. The van der Waals surface area contributed by atoms with Crippen molar-refractivity contribution < 1.29 is 14.4 Å². The van der Waals surface area contributed by atoms with Gasteiger partial charge in [0.1, 0.15) is 6.61 Å². The molecule has 5 heteroatoms. The molecule has 1 N–H and O–H groups in total. The van der Waals surface area contributed by atoms with Crippen LogP contribution >= 0.6 is 0 Å². The molecule has 1 saturated heterocycles. The minimum Gasteiger partial charge on any atom is -0.393 e. The number of nitrogens with zero attached hydrogens (tertiary/aromatic N) is 2. The number of hydrogen-bond donors (Lipinski definition) is 1. The molecule has 21 heavy (non-hydrogen) atoms. The van der Waals surface area contributed by atoms with Crippen LogP contribution in [0.15, 0.2) is 10.6 Å². The molecule has 5 nitrogen and oxygen atoms in total. The highest BCUT2D eigenvalue weighted by molar-refractivity contribution is 5.05. The van der Waals surface area contributed by atoms with Crippen LogP contribution in [-0.2, 0) is 17.9 Å². The average molecular weight is 294 g/mol. The summed E-state index contributed by atoms with van der Waals surface area (Å²) in [6, 6.07) is 2.49. The van der Waals surface area contributed by atoms with Gasteiger partial charge in [-0.2, -0.15) is 0 Å². The van der Waals surface area contributed by atoms with Gasteiger partial charge in [-0.3, -0.25) is 4.90 Å². The highest BCUT2D eigenvalue weighted by Gasteiger charge is 2.37. The van der Waals surface area contributed by atoms with Gasteiger partial charge in [0.25, 0.3) is 0 Å². The molecule has 0 radical (unpaired) electrons. The minimum atomic E-state index is -0.114. The van der Waals surface area contributed by atoms with Crippen LogP contribution in [0.5, 0.6) is 0 Å². The summed E-state index contributed by atoms with van der Waals surface area (Å²) in [6.07, 6.45) is 6.90. The molecule has 1 aliphatic carbocycles. The van der Waals surface area contributed by atoms with E-state index in [4.69, 9.17) is 9.26 Å². The fourth-order valence-electron chi connectivity index (χ4n) is 3.96. The smallest absolute Gasteiger partial charge is 0.162 e. The fourth-order valence-corrected chi connectivity index (χ4v) is 3.96. The average Bonchev–Trinajstić information content (AvgIpc) is 3.09.